The molecule has 1 unspecified atom stereocenters. The molecular formula is C15H21NO2. The molecule has 2 aliphatic rings. The molecule has 98 valence electrons. The van der Waals surface area contributed by atoms with Crippen molar-refractivity contribution in [2.45, 2.75) is 31.3 Å². The quantitative estimate of drug-likeness (QED) is 0.889. The Morgan fingerprint density at radius 3 is 3.11 bits per heavy atom. The van der Waals surface area contributed by atoms with Gasteiger partial charge in [0.25, 0.3) is 0 Å². The molecule has 3 heteroatoms. The molecule has 1 aromatic carbocycles. The zero-order valence-corrected chi connectivity index (χ0v) is 10.7. The van der Waals surface area contributed by atoms with Crippen LogP contribution in [0.15, 0.2) is 24.3 Å². The smallest absolute Gasteiger partial charge is 0.122 e. The van der Waals surface area contributed by atoms with Gasteiger partial charge in [0.1, 0.15) is 5.75 Å². The van der Waals surface area contributed by atoms with Crippen molar-refractivity contribution >= 4 is 0 Å². The fourth-order valence-electron chi connectivity index (χ4n) is 2.80. The van der Waals surface area contributed by atoms with Crippen LogP contribution in [0.3, 0.4) is 0 Å². The summed E-state index contributed by atoms with van der Waals surface area (Å²) >= 11 is 0. The maximum atomic E-state index is 6.06. The van der Waals surface area contributed by atoms with Crippen LogP contribution in [0.4, 0.5) is 0 Å². The lowest BCUT2D eigenvalue weighted by Gasteiger charge is -2.29. The summed E-state index contributed by atoms with van der Waals surface area (Å²) in [7, 11) is 0. The van der Waals surface area contributed by atoms with E-state index < -0.39 is 0 Å². The predicted molar refractivity (Wildman–Crippen MR) is 71.1 cm³/mol. The molecule has 1 aromatic rings. The average Bonchev–Trinajstić information content (AvgIpc) is 2.46. The van der Waals surface area contributed by atoms with Crippen LogP contribution in [-0.4, -0.2) is 32.4 Å². The molecule has 0 aromatic heterocycles. The van der Waals surface area contributed by atoms with E-state index in [9.17, 15) is 0 Å². The van der Waals surface area contributed by atoms with Gasteiger partial charge in [-0.1, -0.05) is 18.2 Å². The molecular weight excluding hydrogens is 226 g/mol. The molecule has 0 spiro atoms. The Balaban J connectivity index is 1.60. The summed E-state index contributed by atoms with van der Waals surface area (Å²) in [6, 6.07) is 8.35. The van der Waals surface area contributed by atoms with E-state index in [4.69, 9.17) is 9.47 Å². The normalized spacial score (nSPS) is 27.3. The van der Waals surface area contributed by atoms with Crippen molar-refractivity contribution < 1.29 is 9.47 Å². The second-order valence-electron chi connectivity index (χ2n) is 5.17. The highest BCUT2D eigenvalue weighted by Crippen LogP contribution is 2.33. The van der Waals surface area contributed by atoms with Crippen LogP contribution in [0.5, 0.6) is 5.75 Å². The minimum absolute atomic E-state index is 0.397. The molecule has 0 radical (unpaired) electrons. The molecule has 2 heterocycles. The number of piperidine rings is 1. The number of para-hydroxylation sites is 1. The fraction of sp³-hybridized carbons (Fsp3) is 0.600. The van der Waals surface area contributed by atoms with Gasteiger partial charge in [-0.2, -0.15) is 0 Å². The van der Waals surface area contributed by atoms with Crippen molar-refractivity contribution in [1.29, 1.82) is 0 Å². The SMILES string of the molecule is c1ccc2c(c1)OCCC2CO[C@H]1CCCNC1. The number of nitrogens with one attached hydrogen (secondary N) is 1. The Morgan fingerprint density at radius 2 is 2.22 bits per heavy atom. The minimum atomic E-state index is 0.397. The molecule has 2 aliphatic heterocycles. The van der Waals surface area contributed by atoms with Crippen molar-refractivity contribution in [2.24, 2.45) is 0 Å². The van der Waals surface area contributed by atoms with Gasteiger partial charge >= 0.3 is 0 Å². The molecule has 0 bridgehead atoms. The van der Waals surface area contributed by atoms with Gasteiger partial charge in [0.2, 0.25) is 0 Å². The van der Waals surface area contributed by atoms with Gasteiger partial charge in [0.05, 0.1) is 19.3 Å². The van der Waals surface area contributed by atoms with E-state index in [0.29, 0.717) is 12.0 Å². The highest BCUT2D eigenvalue weighted by atomic mass is 16.5. The first-order valence-electron chi connectivity index (χ1n) is 6.97. The summed E-state index contributed by atoms with van der Waals surface area (Å²) in [6.07, 6.45) is 3.89. The summed E-state index contributed by atoms with van der Waals surface area (Å²) in [5, 5.41) is 3.39. The first kappa shape index (κ1) is 12.0. The van der Waals surface area contributed by atoms with Crippen LogP contribution in [-0.2, 0) is 4.74 Å². The Kier molecular flexibility index (Phi) is 3.81. The van der Waals surface area contributed by atoms with Crippen molar-refractivity contribution in [2.75, 3.05) is 26.3 Å². The van der Waals surface area contributed by atoms with Crippen LogP contribution in [0.1, 0.15) is 30.7 Å². The van der Waals surface area contributed by atoms with Crippen LogP contribution in [0.2, 0.25) is 0 Å². The molecule has 0 saturated carbocycles. The first-order chi connectivity index (χ1) is 8.93. The number of ether oxygens (including phenoxy) is 2. The van der Waals surface area contributed by atoms with Crippen molar-refractivity contribution in [3.05, 3.63) is 29.8 Å². The zero-order valence-electron chi connectivity index (χ0n) is 10.7. The number of benzene rings is 1. The van der Waals surface area contributed by atoms with E-state index in [1.165, 1.54) is 18.4 Å². The average molecular weight is 247 g/mol. The molecule has 1 saturated heterocycles. The lowest BCUT2D eigenvalue weighted by atomic mass is 9.94. The summed E-state index contributed by atoms with van der Waals surface area (Å²) in [6.45, 7) is 3.78. The monoisotopic (exact) mass is 247 g/mol. The molecule has 3 rings (SSSR count). The van der Waals surface area contributed by atoms with E-state index in [1.807, 2.05) is 6.07 Å². The van der Waals surface area contributed by atoms with Gasteiger partial charge < -0.3 is 14.8 Å². The molecule has 0 amide bonds. The van der Waals surface area contributed by atoms with Gasteiger partial charge in [0.15, 0.2) is 0 Å². The predicted octanol–water partition coefficient (Wildman–Crippen LogP) is 2.32. The first-order valence-corrected chi connectivity index (χ1v) is 6.97. The Hall–Kier alpha value is -1.06. The minimum Gasteiger partial charge on any atom is -0.493 e. The third-order valence-electron chi connectivity index (χ3n) is 3.87. The van der Waals surface area contributed by atoms with E-state index >= 15 is 0 Å². The van der Waals surface area contributed by atoms with Crippen molar-refractivity contribution in [1.82, 2.24) is 5.32 Å². The van der Waals surface area contributed by atoms with Crippen LogP contribution < -0.4 is 10.1 Å². The molecule has 18 heavy (non-hydrogen) atoms. The Bertz CT molecular complexity index is 388. The standard InChI is InChI=1S/C15H21NO2/c1-2-6-15-14(5-1)12(7-9-17-15)11-18-13-4-3-8-16-10-13/h1-2,5-6,12-13,16H,3-4,7-11H2/t12?,13-/m0/s1. The van der Waals surface area contributed by atoms with Crippen LogP contribution in [0.25, 0.3) is 0 Å². The number of rotatable bonds is 3. The lowest BCUT2D eigenvalue weighted by Crippen LogP contribution is -2.36. The lowest BCUT2D eigenvalue weighted by molar-refractivity contribution is 0.0226. The maximum absolute atomic E-state index is 6.06. The van der Waals surface area contributed by atoms with Gasteiger partial charge in [-0.05, 0) is 37.4 Å². The summed E-state index contributed by atoms with van der Waals surface area (Å²) in [5.74, 6) is 1.54. The highest BCUT2D eigenvalue weighted by molar-refractivity contribution is 5.37. The van der Waals surface area contributed by atoms with E-state index in [0.717, 1.165) is 38.5 Å². The number of fused-ring (bicyclic) bond motifs is 1. The second-order valence-corrected chi connectivity index (χ2v) is 5.17. The van der Waals surface area contributed by atoms with E-state index in [1.54, 1.807) is 0 Å². The molecule has 3 nitrogen and oxygen atoms in total. The highest BCUT2D eigenvalue weighted by Gasteiger charge is 2.23. The summed E-state index contributed by atoms with van der Waals surface area (Å²) < 4.78 is 11.7. The zero-order chi connectivity index (χ0) is 12.2. The van der Waals surface area contributed by atoms with E-state index in [2.05, 4.69) is 23.5 Å². The van der Waals surface area contributed by atoms with Crippen LogP contribution >= 0.6 is 0 Å². The third-order valence-corrected chi connectivity index (χ3v) is 3.87. The van der Waals surface area contributed by atoms with Crippen molar-refractivity contribution in [3.8, 4) is 5.75 Å². The second kappa shape index (κ2) is 5.72. The number of hydrogen-bond acceptors (Lipinski definition) is 3. The molecule has 1 N–H and O–H groups in total. The van der Waals surface area contributed by atoms with Gasteiger partial charge in [-0.3, -0.25) is 0 Å². The van der Waals surface area contributed by atoms with Crippen molar-refractivity contribution in [3.63, 3.8) is 0 Å². The molecule has 2 atom stereocenters. The fourth-order valence-corrected chi connectivity index (χ4v) is 2.80. The van der Waals surface area contributed by atoms with E-state index in [-0.39, 0.29) is 0 Å². The Labute approximate surface area is 108 Å². The van der Waals surface area contributed by atoms with Gasteiger partial charge in [-0.25, -0.2) is 0 Å². The Morgan fingerprint density at radius 1 is 1.28 bits per heavy atom. The van der Waals surface area contributed by atoms with Crippen LogP contribution in [0, 0.1) is 0 Å². The van der Waals surface area contributed by atoms with Gasteiger partial charge in [-0.15, -0.1) is 0 Å². The topological polar surface area (TPSA) is 30.5 Å². The largest absolute Gasteiger partial charge is 0.493 e. The summed E-state index contributed by atoms with van der Waals surface area (Å²) in [5.41, 5.74) is 1.31. The summed E-state index contributed by atoms with van der Waals surface area (Å²) in [4.78, 5) is 0. The molecule has 0 aliphatic carbocycles. The molecule has 1 fully saturated rings. The number of hydrogen-bond donors (Lipinski definition) is 1. The third kappa shape index (κ3) is 2.68. The maximum Gasteiger partial charge on any atom is 0.122 e. The van der Waals surface area contributed by atoms with Gasteiger partial charge in [0, 0.05) is 12.5 Å².